The number of ether oxygens (including phenoxy) is 2. The molecule has 0 heterocycles. The van der Waals surface area contributed by atoms with Crippen LogP contribution in [0.4, 0.5) is 0 Å². The van der Waals surface area contributed by atoms with Crippen LogP contribution in [-0.2, 0) is 19.1 Å². The van der Waals surface area contributed by atoms with E-state index in [0.29, 0.717) is 12.8 Å². The molecule has 0 bridgehead atoms. The largest absolute Gasteiger partial charge is 0.462 e. The Hall–Kier alpha value is -3.18. The molecule has 270 valence electrons. The maximum atomic E-state index is 12.1. The van der Waals surface area contributed by atoms with Gasteiger partial charge in [0.1, 0.15) is 6.61 Å². The molecule has 0 aliphatic heterocycles. The van der Waals surface area contributed by atoms with Gasteiger partial charge in [0.2, 0.25) is 0 Å². The molecular weight excluding hydrogens is 596 g/mol. The molecule has 0 aromatic carbocycles. The Morgan fingerprint density at radius 2 is 0.896 bits per heavy atom. The van der Waals surface area contributed by atoms with Gasteiger partial charge >= 0.3 is 11.9 Å². The molecular formula is C43H68O5. The summed E-state index contributed by atoms with van der Waals surface area (Å²) >= 11 is 0. The molecule has 1 atom stereocenters. The lowest BCUT2D eigenvalue weighted by molar-refractivity contribution is -0.161. The van der Waals surface area contributed by atoms with Crippen LogP contribution in [0.1, 0.15) is 142 Å². The molecule has 0 aliphatic rings. The van der Waals surface area contributed by atoms with E-state index < -0.39 is 6.10 Å². The molecule has 5 nitrogen and oxygen atoms in total. The van der Waals surface area contributed by atoms with Crippen molar-refractivity contribution in [3.05, 3.63) is 97.2 Å². The van der Waals surface area contributed by atoms with Gasteiger partial charge in [0.15, 0.2) is 6.10 Å². The molecule has 0 spiro atoms. The normalized spacial score (nSPS) is 13.3. The van der Waals surface area contributed by atoms with Gasteiger partial charge in [-0.15, -0.1) is 0 Å². The summed E-state index contributed by atoms with van der Waals surface area (Å²) < 4.78 is 10.5. The number of rotatable bonds is 32. The molecule has 0 saturated heterocycles. The minimum atomic E-state index is -0.811. The number of carbonyl (C=O) groups excluding carboxylic acids is 2. The maximum absolute atomic E-state index is 12.1. The van der Waals surface area contributed by atoms with Gasteiger partial charge in [-0.05, 0) is 96.3 Å². The fourth-order valence-corrected chi connectivity index (χ4v) is 4.53. The van der Waals surface area contributed by atoms with Gasteiger partial charge in [-0.1, -0.05) is 130 Å². The van der Waals surface area contributed by atoms with Gasteiger partial charge in [-0.3, -0.25) is 9.59 Å². The smallest absolute Gasteiger partial charge is 0.306 e. The third kappa shape index (κ3) is 35.7. The van der Waals surface area contributed by atoms with Gasteiger partial charge in [0.05, 0.1) is 6.61 Å². The quantitative estimate of drug-likeness (QED) is 0.0440. The lowest BCUT2D eigenvalue weighted by Gasteiger charge is -2.15. The SMILES string of the molecule is CCC=CCC=CCC=CCC=CCCCCC(=O)OCC(CO)OC(=O)CCCCCC=CCC=CCC=CCC=CCCCCC. The van der Waals surface area contributed by atoms with Crippen LogP contribution < -0.4 is 0 Å². The van der Waals surface area contributed by atoms with Gasteiger partial charge in [0, 0.05) is 12.8 Å². The molecule has 0 saturated carbocycles. The Bertz CT molecular complexity index is 979. The van der Waals surface area contributed by atoms with Crippen molar-refractivity contribution in [2.75, 3.05) is 13.2 Å². The van der Waals surface area contributed by atoms with E-state index in [1.165, 1.54) is 25.7 Å². The van der Waals surface area contributed by atoms with E-state index in [2.05, 4.69) is 111 Å². The summed E-state index contributed by atoms with van der Waals surface area (Å²) in [6.45, 7) is 3.90. The third-order valence-electron chi connectivity index (χ3n) is 7.36. The van der Waals surface area contributed by atoms with Crippen LogP contribution in [0.2, 0.25) is 0 Å². The molecule has 1 N–H and O–H groups in total. The zero-order valence-corrected chi connectivity index (χ0v) is 30.5. The molecule has 48 heavy (non-hydrogen) atoms. The van der Waals surface area contributed by atoms with Crippen molar-refractivity contribution in [3.8, 4) is 0 Å². The topological polar surface area (TPSA) is 72.8 Å². The molecule has 0 aliphatic carbocycles. The zero-order valence-electron chi connectivity index (χ0n) is 30.5. The molecule has 0 fully saturated rings. The van der Waals surface area contributed by atoms with Crippen LogP contribution >= 0.6 is 0 Å². The molecule has 1 unspecified atom stereocenters. The minimum Gasteiger partial charge on any atom is -0.462 e. The molecule has 0 aromatic heterocycles. The van der Waals surface area contributed by atoms with E-state index in [-0.39, 0.29) is 25.2 Å². The Labute approximate surface area is 294 Å². The average molecular weight is 665 g/mol. The average Bonchev–Trinajstić information content (AvgIpc) is 3.09. The summed E-state index contributed by atoms with van der Waals surface area (Å²) in [7, 11) is 0. The number of aliphatic hydroxyl groups excluding tert-OH is 1. The second kappa shape index (κ2) is 38.3. The fraction of sp³-hybridized carbons (Fsp3) is 0.581. The van der Waals surface area contributed by atoms with Gasteiger partial charge in [-0.2, -0.15) is 0 Å². The van der Waals surface area contributed by atoms with E-state index in [1.807, 2.05) is 0 Å². The van der Waals surface area contributed by atoms with Crippen LogP contribution in [0, 0.1) is 0 Å². The number of hydrogen-bond donors (Lipinski definition) is 1. The van der Waals surface area contributed by atoms with Crippen molar-refractivity contribution in [2.24, 2.45) is 0 Å². The summed E-state index contributed by atoms with van der Waals surface area (Å²) in [4.78, 5) is 24.2. The first-order valence-electron chi connectivity index (χ1n) is 18.8. The van der Waals surface area contributed by atoms with E-state index in [4.69, 9.17) is 9.47 Å². The highest BCUT2D eigenvalue weighted by molar-refractivity contribution is 5.70. The Kier molecular flexibility index (Phi) is 35.7. The van der Waals surface area contributed by atoms with Crippen molar-refractivity contribution in [3.63, 3.8) is 0 Å². The summed E-state index contributed by atoms with van der Waals surface area (Å²) in [6.07, 6.45) is 53.2. The lowest BCUT2D eigenvalue weighted by Crippen LogP contribution is -2.28. The van der Waals surface area contributed by atoms with Crippen LogP contribution in [0.25, 0.3) is 0 Å². The van der Waals surface area contributed by atoms with Crippen LogP contribution in [0.15, 0.2) is 97.2 Å². The first-order chi connectivity index (χ1) is 23.6. The Morgan fingerprint density at radius 1 is 0.500 bits per heavy atom. The predicted molar refractivity (Wildman–Crippen MR) is 205 cm³/mol. The Morgan fingerprint density at radius 3 is 1.35 bits per heavy atom. The number of allylic oxidation sites excluding steroid dienone is 16. The van der Waals surface area contributed by atoms with Crippen molar-refractivity contribution >= 4 is 11.9 Å². The number of carbonyl (C=O) groups is 2. The molecule has 0 amide bonds. The molecule has 0 radical (unpaired) electrons. The second-order valence-corrected chi connectivity index (χ2v) is 11.9. The first-order valence-corrected chi connectivity index (χ1v) is 18.8. The highest BCUT2D eigenvalue weighted by Crippen LogP contribution is 2.08. The summed E-state index contributed by atoms with van der Waals surface area (Å²) in [5, 5.41) is 9.53. The van der Waals surface area contributed by atoms with E-state index in [9.17, 15) is 14.7 Å². The van der Waals surface area contributed by atoms with Crippen molar-refractivity contribution < 1.29 is 24.2 Å². The zero-order chi connectivity index (χ0) is 35.0. The van der Waals surface area contributed by atoms with Gasteiger partial charge in [0.25, 0.3) is 0 Å². The van der Waals surface area contributed by atoms with E-state index in [0.717, 1.165) is 89.9 Å². The number of unbranched alkanes of at least 4 members (excludes halogenated alkanes) is 8. The number of hydrogen-bond acceptors (Lipinski definition) is 5. The predicted octanol–water partition coefficient (Wildman–Crippen LogP) is 11.7. The first kappa shape index (κ1) is 44.8. The standard InChI is InChI=1S/C43H68O5/c1-3-5-7-9-11-13-15-17-19-20-21-22-24-26-28-30-32-34-36-38-43(46)48-41(39-44)40-47-42(45)37-35-33-31-29-27-25-23-18-16-14-12-10-8-6-4-2/h6,8,11-14,17-19,21-23,26-29,41,44H,3-5,7,9-10,15-16,20,24-25,30-40H2,1-2H3. The fourth-order valence-electron chi connectivity index (χ4n) is 4.53. The second-order valence-electron chi connectivity index (χ2n) is 11.9. The van der Waals surface area contributed by atoms with Gasteiger partial charge in [-0.25, -0.2) is 0 Å². The maximum Gasteiger partial charge on any atom is 0.306 e. The van der Waals surface area contributed by atoms with Crippen LogP contribution in [0.3, 0.4) is 0 Å². The van der Waals surface area contributed by atoms with E-state index >= 15 is 0 Å². The molecule has 0 rings (SSSR count). The lowest BCUT2D eigenvalue weighted by atomic mass is 10.1. The minimum absolute atomic E-state index is 0.107. The highest BCUT2D eigenvalue weighted by Gasteiger charge is 2.16. The van der Waals surface area contributed by atoms with Crippen LogP contribution in [0.5, 0.6) is 0 Å². The highest BCUT2D eigenvalue weighted by atomic mass is 16.6. The van der Waals surface area contributed by atoms with Crippen LogP contribution in [-0.4, -0.2) is 36.4 Å². The summed E-state index contributed by atoms with van der Waals surface area (Å²) in [5.74, 6) is -0.688. The summed E-state index contributed by atoms with van der Waals surface area (Å²) in [5.41, 5.74) is 0. The summed E-state index contributed by atoms with van der Waals surface area (Å²) in [6, 6.07) is 0. The third-order valence-corrected chi connectivity index (χ3v) is 7.36. The monoisotopic (exact) mass is 665 g/mol. The Balaban J connectivity index is 3.75. The van der Waals surface area contributed by atoms with Crippen molar-refractivity contribution in [2.45, 2.75) is 148 Å². The van der Waals surface area contributed by atoms with Crippen molar-refractivity contribution in [1.82, 2.24) is 0 Å². The molecule has 0 aromatic rings. The number of esters is 2. The molecule has 5 heteroatoms. The van der Waals surface area contributed by atoms with Gasteiger partial charge < -0.3 is 14.6 Å². The van der Waals surface area contributed by atoms with E-state index in [1.54, 1.807) is 0 Å². The number of aliphatic hydroxyl groups is 1. The van der Waals surface area contributed by atoms with Crippen molar-refractivity contribution in [1.29, 1.82) is 0 Å².